The minimum absolute atomic E-state index is 0. The molecule has 5 rings (SSSR count). The van der Waals surface area contributed by atoms with Crippen LogP contribution in [0.15, 0.2) is 53.1 Å². The Labute approximate surface area is 269 Å². The first-order valence-corrected chi connectivity index (χ1v) is 17.1. The van der Waals surface area contributed by atoms with Gasteiger partial charge in [-0.2, -0.15) is 0 Å². The Hall–Kier alpha value is -1.58. The van der Waals surface area contributed by atoms with Gasteiger partial charge >= 0.3 is 5.97 Å². The molecule has 0 heterocycles. The van der Waals surface area contributed by atoms with Crippen molar-refractivity contribution < 1.29 is 9.53 Å². The lowest BCUT2D eigenvalue weighted by molar-refractivity contribution is -0.171. The van der Waals surface area contributed by atoms with Gasteiger partial charge in [0.1, 0.15) is 12.1 Å². The van der Waals surface area contributed by atoms with Gasteiger partial charge < -0.3 is 10.5 Å². The zero-order chi connectivity index (χ0) is 30.5. The number of nitrogens with two attached hydrogens (primary N) is 1. The normalized spacial score (nSPS) is 35.9. The molecule has 0 aliphatic heterocycles. The Bertz CT molecular complexity index is 1210. The largest absolute Gasteiger partial charge is 0.461 e. The average Bonchev–Trinajstić information content (AvgIpc) is 3.21. The molecule has 0 radical (unpaired) electrons. The first-order chi connectivity index (χ1) is 19.7. The fraction of sp³-hybridized carbons (Fsp3) is 0.718. The third kappa shape index (κ3) is 5.92. The van der Waals surface area contributed by atoms with Crippen LogP contribution in [0.3, 0.4) is 0 Å². The summed E-state index contributed by atoms with van der Waals surface area (Å²) in [6, 6.07) is 9.43. The van der Waals surface area contributed by atoms with Crippen molar-refractivity contribution in [2.75, 3.05) is 0 Å². The van der Waals surface area contributed by atoms with Crippen LogP contribution in [0, 0.1) is 39.4 Å². The van der Waals surface area contributed by atoms with Gasteiger partial charge in [0.15, 0.2) is 0 Å². The quantitative estimate of drug-likeness (QED) is 0.236. The number of allylic oxidation sites excluding steroid dienone is 4. The lowest BCUT2D eigenvalue weighted by Crippen LogP contribution is -2.56. The molecule has 1 aromatic carbocycles. The van der Waals surface area contributed by atoms with E-state index in [9.17, 15) is 4.79 Å². The lowest BCUT2D eigenvalue weighted by atomic mass is 9.43. The van der Waals surface area contributed by atoms with Gasteiger partial charge in [0.2, 0.25) is 0 Å². The van der Waals surface area contributed by atoms with Crippen LogP contribution in [0.25, 0.3) is 0 Å². The summed E-state index contributed by atoms with van der Waals surface area (Å²) in [7, 11) is 0. The molecule has 0 bridgehead atoms. The van der Waals surface area contributed by atoms with E-state index >= 15 is 0 Å². The molecule has 240 valence electrons. The summed E-state index contributed by atoms with van der Waals surface area (Å²) in [6.07, 6.45) is 15.2. The summed E-state index contributed by atoms with van der Waals surface area (Å²) in [4.78, 5) is 13.2. The van der Waals surface area contributed by atoms with Gasteiger partial charge in [-0.25, -0.2) is 0 Å². The summed E-state index contributed by atoms with van der Waals surface area (Å²) in [5.74, 6) is 1.87. The number of benzene rings is 1. The summed E-state index contributed by atoms with van der Waals surface area (Å²) >= 11 is 0. The number of hydrogen-bond donors (Lipinski definition) is 1. The highest BCUT2D eigenvalue weighted by Gasteiger charge is 2.63. The van der Waals surface area contributed by atoms with Crippen LogP contribution in [0.1, 0.15) is 125 Å². The Morgan fingerprint density at radius 3 is 2.35 bits per heavy atom. The van der Waals surface area contributed by atoms with Crippen molar-refractivity contribution >= 4 is 18.4 Å². The number of rotatable bonds is 8. The maximum absolute atomic E-state index is 13.2. The van der Waals surface area contributed by atoms with Crippen LogP contribution in [-0.2, 0) is 16.0 Å². The molecule has 8 atom stereocenters. The van der Waals surface area contributed by atoms with Gasteiger partial charge in [0, 0.05) is 5.41 Å². The number of hydrogen-bond acceptors (Lipinski definition) is 3. The molecule has 1 unspecified atom stereocenters. The smallest absolute Gasteiger partial charge is 0.323 e. The van der Waals surface area contributed by atoms with Crippen molar-refractivity contribution in [1.82, 2.24) is 0 Å². The molecule has 0 amide bonds. The van der Waals surface area contributed by atoms with E-state index in [1.54, 1.807) is 5.57 Å². The van der Waals surface area contributed by atoms with Gasteiger partial charge in [0.25, 0.3) is 0 Å². The van der Waals surface area contributed by atoms with E-state index in [0.29, 0.717) is 23.2 Å². The molecule has 0 saturated heterocycles. The molecular formula is C39H60ClNO2. The van der Waals surface area contributed by atoms with Gasteiger partial charge in [-0.15, -0.1) is 12.4 Å². The van der Waals surface area contributed by atoms with Crippen LogP contribution in [0.2, 0.25) is 0 Å². The third-order valence-corrected chi connectivity index (χ3v) is 13.5. The molecule has 0 aromatic heterocycles. The van der Waals surface area contributed by atoms with Crippen molar-refractivity contribution in [3.05, 3.63) is 58.7 Å². The molecule has 2 saturated carbocycles. The highest BCUT2D eigenvalue weighted by molar-refractivity contribution is 5.85. The molecule has 1 aromatic rings. The second-order valence-corrected chi connectivity index (χ2v) is 16.3. The molecule has 4 aliphatic rings. The molecule has 4 heteroatoms. The Morgan fingerprint density at radius 1 is 0.977 bits per heavy atom. The minimum atomic E-state index is -0.618. The van der Waals surface area contributed by atoms with Crippen molar-refractivity contribution in [1.29, 1.82) is 0 Å². The highest BCUT2D eigenvalue weighted by atomic mass is 35.5. The minimum Gasteiger partial charge on any atom is -0.461 e. The highest BCUT2D eigenvalue weighted by Crippen LogP contribution is 2.72. The summed E-state index contributed by atoms with van der Waals surface area (Å²) in [6.45, 7) is 19.6. The fourth-order valence-electron chi connectivity index (χ4n) is 10.8. The van der Waals surface area contributed by atoms with Gasteiger partial charge in [-0.3, -0.25) is 4.79 Å². The number of halogens is 1. The second-order valence-electron chi connectivity index (χ2n) is 16.3. The lowest BCUT2D eigenvalue weighted by Gasteiger charge is -2.62. The Kier molecular flexibility index (Phi) is 10.1. The number of esters is 1. The zero-order valence-electron chi connectivity index (χ0n) is 28.4. The molecule has 3 nitrogen and oxygen atoms in total. The van der Waals surface area contributed by atoms with E-state index < -0.39 is 6.04 Å². The fourth-order valence-corrected chi connectivity index (χ4v) is 10.8. The van der Waals surface area contributed by atoms with Crippen LogP contribution in [0.5, 0.6) is 0 Å². The summed E-state index contributed by atoms with van der Waals surface area (Å²) < 4.78 is 6.28. The predicted octanol–water partition coefficient (Wildman–Crippen LogP) is 10.0. The van der Waals surface area contributed by atoms with Gasteiger partial charge in [-0.05, 0) is 124 Å². The third-order valence-electron chi connectivity index (χ3n) is 13.5. The Morgan fingerprint density at radius 2 is 1.67 bits per heavy atom. The van der Waals surface area contributed by atoms with Crippen molar-refractivity contribution in [2.24, 2.45) is 45.1 Å². The summed E-state index contributed by atoms with van der Waals surface area (Å²) in [5, 5.41) is 0. The monoisotopic (exact) mass is 609 g/mol. The number of carbonyl (C=O) groups is 1. The van der Waals surface area contributed by atoms with Gasteiger partial charge in [-0.1, -0.05) is 94.7 Å². The zero-order valence-corrected chi connectivity index (χ0v) is 29.2. The molecular weight excluding hydrogens is 550 g/mol. The topological polar surface area (TPSA) is 52.3 Å². The van der Waals surface area contributed by atoms with E-state index in [1.165, 1.54) is 56.9 Å². The second kappa shape index (κ2) is 12.7. The Balaban J connectivity index is 0.00000423. The number of carbonyl (C=O) groups excluding carboxylic acids is 1. The molecule has 0 spiro atoms. The predicted molar refractivity (Wildman–Crippen MR) is 182 cm³/mol. The van der Waals surface area contributed by atoms with Crippen LogP contribution >= 0.6 is 12.4 Å². The van der Waals surface area contributed by atoms with E-state index in [0.717, 1.165) is 30.2 Å². The molecule has 4 aliphatic carbocycles. The standard InChI is InChI=1S/C39H59NO2.ClH/c1-26(2)13-12-14-27(3)29-19-23-39(8)31-17-18-33-36(4,5)34(21-22-37(33,6)30(31)20-24-38(29,39)7)42-35(41)32(40)25-28-15-10-9-11-16-28;/h9-11,13,15-16,27,29,32-34H,12,14,17-25,40H2,1-8H3;1H/t27-,29-,32+,33?,34+,37-,38-,39+;/m1./s1. The van der Waals surface area contributed by atoms with Crippen LogP contribution in [0.4, 0.5) is 0 Å². The first-order valence-electron chi connectivity index (χ1n) is 17.1. The van der Waals surface area contributed by atoms with E-state index in [1.807, 2.05) is 35.9 Å². The van der Waals surface area contributed by atoms with Crippen molar-refractivity contribution in [2.45, 2.75) is 138 Å². The molecule has 2 N–H and O–H groups in total. The van der Waals surface area contributed by atoms with E-state index in [2.05, 4.69) is 61.5 Å². The van der Waals surface area contributed by atoms with Crippen molar-refractivity contribution in [3.63, 3.8) is 0 Å². The summed E-state index contributed by atoms with van der Waals surface area (Å²) in [5.41, 5.74) is 13.4. The number of fused-ring (bicyclic) bond motifs is 4. The maximum atomic E-state index is 13.2. The van der Waals surface area contributed by atoms with Crippen LogP contribution in [-0.4, -0.2) is 18.1 Å². The average molecular weight is 610 g/mol. The van der Waals surface area contributed by atoms with E-state index in [4.69, 9.17) is 10.5 Å². The maximum Gasteiger partial charge on any atom is 0.323 e. The molecule has 2 fully saturated rings. The van der Waals surface area contributed by atoms with Crippen molar-refractivity contribution in [3.8, 4) is 0 Å². The number of ether oxygens (including phenoxy) is 1. The van der Waals surface area contributed by atoms with Gasteiger partial charge in [0.05, 0.1) is 0 Å². The van der Waals surface area contributed by atoms with E-state index in [-0.39, 0.29) is 35.3 Å². The molecule has 43 heavy (non-hydrogen) atoms. The SMILES string of the molecule is CC(C)=CCC[C@@H](C)[C@H]1CC[C@@]2(C)C3=C(CC[C@]12C)[C@@]1(C)CC[C@H](OC(=O)[C@@H](N)Cc2ccccc2)C(C)(C)C1CC3.Cl. The van der Waals surface area contributed by atoms with Crippen LogP contribution < -0.4 is 5.73 Å². The first kappa shape index (κ1) is 34.3.